The van der Waals surface area contributed by atoms with Gasteiger partial charge in [0.25, 0.3) is 0 Å². The van der Waals surface area contributed by atoms with Gasteiger partial charge in [-0.3, -0.25) is 4.79 Å². The Morgan fingerprint density at radius 3 is 2.88 bits per heavy atom. The molecule has 4 rings (SSSR count). The largest absolute Gasteiger partial charge is 0.340 e. The molecule has 0 fully saturated rings. The van der Waals surface area contributed by atoms with Crippen LogP contribution < -0.4 is 10.6 Å². The molecule has 0 saturated heterocycles. The van der Waals surface area contributed by atoms with Crippen LogP contribution in [0.1, 0.15) is 17.5 Å². The van der Waals surface area contributed by atoms with Gasteiger partial charge in [-0.15, -0.1) is 0 Å². The Balaban J connectivity index is 1.62. The van der Waals surface area contributed by atoms with Crippen LogP contribution in [0, 0.1) is 11.3 Å². The lowest BCUT2D eigenvalue weighted by Gasteiger charge is -2.18. The van der Waals surface area contributed by atoms with Crippen molar-refractivity contribution in [2.45, 2.75) is 12.8 Å². The quantitative estimate of drug-likeness (QED) is 0.755. The number of anilines is 3. The van der Waals surface area contributed by atoms with Gasteiger partial charge in [-0.2, -0.15) is 5.26 Å². The molecule has 0 atom stereocenters. The standard InChI is InChI=1S/C19H14N4O/c20-11-12-1-5-16-13(9-12)2-7-18(22-16)21-15-4-6-17-14(10-15)3-8-19(24)23-17/h1-2,4-7,9-10H,3,8H2,(H,21,22)(H,23,24). The van der Waals surface area contributed by atoms with Gasteiger partial charge in [0.05, 0.1) is 17.1 Å². The summed E-state index contributed by atoms with van der Waals surface area (Å²) in [4.78, 5) is 16.0. The van der Waals surface area contributed by atoms with Crippen LogP contribution >= 0.6 is 0 Å². The van der Waals surface area contributed by atoms with Gasteiger partial charge in [0.2, 0.25) is 5.91 Å². The number of nitrogens with zero attached hydrogens (tertiary/aromatic N) is 2. The lowest BCUT2D eigenvalue weighted by atomic mass is 10.0. The number of carbonyl (C=O) groups excluding carboxylic acids is 1. The maximum atomic E-state index is 11.4. The molecule has 24 heavy (non-hydrogen) atoms. The topological polar surface area (TPSA) is 77.8 Å². The predicted octanol–water partition coefficient (Wildman–Crippen LogP) is 3.73. The van der Waals surface area contributed by atoms with Gasteiger partial charge >= 0.3 is 0 Å². The minimum atomic E-state index is 0.0659. The molecule has 0 spiro atoms. The minimum absolute atomic E-state index is 0.0659. The van der Waals surface area contributed by atoms with E-state index < -0.39 is 0 Å². The van der Waals surface area contributed by atoms with Gasteiger partial charge in [0, 0.05) is 23.2 Å². The number of nitrogens with one attached hydrogen (secondary N) is 2. The van der Waals surface area contributed by atoms with E-state index in [2.05, 4.69) is 21.7 Å². The van der Waals surface area contributed by atoms with Gasteiger partial charge < -0.3 is 10.6 Å². The van der Waals surface area contributed by atoms with Crippen LogP contribution in [0.4, 0.5) is 17.2 Å². The van der Waals surface area contributed by atoms with Crippen LogP contribution in [0.15, 0.2) is 48.5 Å². The number of hydrogen-bond acceptors (Lipinski definition) is 4. The molecule has 0 bridgehead atoms. The highest BCUT2D eigenvalue weighted by Gasteiger charge is 2.14. The molecule has 5 nitrogen and oxygen atoms in total. The summed E-state index contributed by atoms with van der Waals surface area (Å²) in [5.41, 5.74) is 4.41. The average Bonchev–Trinajstić information content (AvgIpc) is 2.61. The lowest BCUT2D eigenvalue weighted by molar-refractivity contribution is -0.116. The number of hydrogen-bond donors (Lipinski definition) is 2. The summed E-state index contributed by atoms with van der Waals surface area (Å²) in [6, 6.07) is 17.3. The highest BCUT2D eigenvalue weighted by atomic mass is 16.1. The van der Waals surface area contributed by atoms with Crippen LogP contribution in [0.25, 0.3) is 10.9 Å². The summed E-state index contributed by atoms with van der Waals surface area (Å²) in [7, 11) is 0. The normalized spacial score (nSPS) is 13.0. The summed E-state index contributed by atoms with van der Waals surface area (Å²) in [6.45, 7) is 0. The van der Waals surface area contributed by atoms with Crippen molar-refractivity contribution in [1.29, 1.82) is 5.26 Å². The van der Waals surface area contributed by atoms with E-state index in [4.69, 9.17) is 5.26 Å². The third-order valence-electron chi connectivity index (χ3n) is 4.09. The van der Waals surface area contributed by atoms with Gasteiger partial charge in [-0.25, -0.2) is 4.98 Å². The molecule has 0 unspecified atom stereocenters. The van der Waals surface area contributed by atoms with Gasteiger partial charge in [0.15, 0.2) is 0 Å². The first-order chi connectivity index (χ1) is 11.7. The molecule has 1 aliphatic heterocycles. The van der Waals surface area contributed by atoms with Crippen molar-refractivity contribution in [2.75, 3.05) is 10.6 Å². The lowest BCUT2D eigenvalue weighted by Crippen LogP contribution is -2.18. The number of rotatable bonds is 2. The van der Waals surface area contributed by atoms with E-state index in [1.165, 1.54) is 0 Å². The number of fused-ring (bicyclic) bond motifs is 2. The molecule has 0 saturated carbocycles. The minimum Gasteiger partial charge on any atom is -0.340 e. The second-order valence-corrected chi connectivity index (χ2v) is 5.76. The second kappa shape index (κ2) is 5.67. The molecule has 0 aliphatic carbocycles. The maximum absolute atomic E-state index is 11.4. The zero-order chi connectivity index (χ0) is 16.5. The first-order valence-electron chi connectivity index (χ1n) is 7.72. The summed E-state index contributed by atoms with van der Waals surface area (Å²) < 4.78 is 0. The molecule has 2 aromatic carbocycles. The Labute approximate surface area is 138 Å². The van der Waals surface area contributed by atoms with Crippen molar-refractivity contribution in [3.8, 4) is 6.07 Å². The van der Waals surface area contributed by atoms with E-state index in [1.54, 1.807) is 6.07 Å². The number of amides is 1. The average molecular weight is 314 g/mol. The fraction of sp³-hybridized carbons (Fsp3) is 0.105. The third kappa shape index (κ3) is 2.66. The summed E-state index contributed by atoms with van der Waals surface area (Å²) in [6.07, 6.45) is 1.27. The number of aromatic nitrogens is 1. The fourth-order valence-electron chi connectivity index (χ4n) is 2.87. The Morgan fingerprint density at radius 1 is 1.08 bits per heavy atom. The Kier molecular flexibility index (Phi) is 3.36. The van der Waals surface area contributed by atoms with Gasteiger partial charge in [-0.1, -0.05) is 0 Å². The molecule has 1 aromatic heterocycles. The molecule has 1 amide bonds. The molecule has 2 heterocycles. The van der Waals surface area contributed by atoms with Crippen molar-refractivity contribution < 1.29 is 4.79 Å². The van der Waals surface area contributed by atoms with Crippen LogP contribution in [0.2, 0.25) is 0 Å². The summed E-state index contributed by atoms with van der Waals surface area (Å²) in [5.74, 6) is 0.808. The Bertz CT molecular complexity index is 1000. The van der Waals surface area contributed by atoms with Crippen molar-refractivity contribution >= 4 is 34.0 Å². The Hall–Kier alpha value is -3.39. The molecule has 3 aromatic rings. The summed E-state index contributed by atoms with van der Waals surface area (Å²) in [5, 5.41) is 16.1. The van der Waals surface area contributed by atoms with Crippen LogP contribution in [0.3, 0.4) is 0 Å². The first kappa shape index (κ1) is 14.2. The van der Waals surface area contributed by atoms with Crippen LogP contribution in [-0.2, 0) is 11.2 Å². The highest BCUT2D eigenvalue weighted by Crippen LogP contribution is 2.27. The molecule has 0 radical (unpaired) electrons. The van der Waals surface area contributed by atoms with Crippen molar-refractivity contribution in [3.05, 3.63) is 59.7 Å². The summed E-state index contributed by atoms with van der Waals surface area (Å²) >= 11 is 0. The number of benzene rings is 2. The number of aryl methyl sites for hydroxylation is 1. The first-order valence-corrected chi connectivity index (χ1v) is 7.72. The highest BCUT2D eigenvalue weighted by molar-refractivity contribution is 5.94. The van der Waals surface area contributed by atoms with Gasteiger partial charge in [-0.05, 0) is 60.5 Å². The number of carbonyl (C=O) groups is 1. The van der Waals surface area contributed by atoms with Crippen molar-refractivity contribution in [3.63, 3.8) is 0 Å². The van der Waals surface area contributed by atoms with E-state index >= 15 is 0 Å². The molecular formula is C19H14N4O. The monoisotopic (exact) mass is 314 g/mol. The third-order valence-corrected chi connectivity index (χ3v) is 4.09. The zero-order valence-electron chi connectivity index (χ0n) is 12.8. The maximum Gasteiger partial charge on any atom is 0.224 e. The fourth-order valence-corrected chi connectivity index (χ4v) is 2.87. The van der Waals surface area contributed by atoms with Crippen molar-refractivity contribution in [1.82, 2.24) is 4.98 Å². The van der Waals surface area contributed by atoms with E-state index in [9.17, 15) is 4.79 Å². The molecule has 1 aliphatic rings. The Morgan fingerprint density at radius 2 is 2.00 bits per heavy atom. The number of pyridine rings is 1. The van der Waals surface area contributed by atoms with Crippen LogP contribution in [-0.4, -0.2) is 10.9 Å². The zero-order valence-corrected chi connectivity index (χ0v) is 12.8. The van der Waals surface area contributed by atoms with Gasteiger partial charge in [0.1, 0.15) is 5.82 Å². The molecule has 2 N–H and O–H groups in total. The van der Waals surface area contributed by atoms with E-state index in [1.807, 2.05) is 42.5 Å². The van der Waals surface area contributed by atoms with E-state index in [-0.39, 0.29) is 5.91 Å². The smallest absolute Gasteiger partial charge is 0.224 e. The van der Waals surface area contributed by atoms with Crippen LogP contribution in [0.5, 0.6) is 0 Å². The predicted molar refractivity (Wildman–Crippen MR) is 93.1 cm³/mol. The molecular weight excluding hydrogens is 300 g/mol. The van der Waals surface area contributed by atoms with E-state index in [0.717, 1.165) is 40.1 Å². The number of nitriles is 1. The van der Waals surface area contributed by atoms with E-state index in [0.29, 0.717) is 12.0 Å². The van der Waals surface area contributed by atoms with Crippen molar-refractivity contribution in [2.24, 2.45) is 0 Å². The SMILES string of the molecule is N#Cc1ccc2nc(Nc3ccc4c(c3)CCC(=O)N4)ccc2c1. The molecule has 5 heteroatoms. The molecule has 116 valence electrons. The second-order valence-electron chi connectivity index (χ2n) is 5.76.